The molecule has 0 heterocycles. The van der Waals surface area contributed by atoms with Crippen LogP contribution in [0.4, 0.5) is 10.1 Å². The lowest BCUT2D eigenvalue weighted by molar-refractivity contribution is -0.385. The molecule has 0 saturated carbocycles. The van der Waals surface area contributed by atoms with Crippen LogP contribution < -0.4 is 5.73 Å². The first-order valence-electron chi connectivity index (χ1n) is 3.70. The number of alkyl halides is 1. The zero-order chi connectivity index (χ0) is 10.7. The van der Waals surface area contributed by atoms with E-state index in [4.69, 9.17) is 5.73 Å². The molecule has 74 valence electrons. The molecular weight excluding hydrogens is 191 g/mol. The Morgan fingerprint density at radius 3 is 2.64 bits per heavy atom. The molecule has 1 rings (SSSR count). The highest BCUT2D eigenvalue weighted by atomic mass is 19.1. The quantitative estimate of drug-likeness (QED) is 0.584. The molecule has 2 N–H and O–H groups in total. The van der Waals surface area contributed by atoms with E-state index in [2.05, 4.69) is 0 Å². The fourth-order valence-corrected chi connectivity index (χ4v) is 1.12. The van der Waals surface area contributed by atoms with Gasteiger partial charge in [0.1, 0.15) is 6.67 Å². The standard InChI is InChI=1S/C8H7FN2O3/c9-4-6-5(8(10)12)2-1-3-7(6)11(13)14/h1-3H,4H2,(H2,10,12). The first kappa shape index (κ1) is 10.1. The van der Waals surface area contributed by atoms with Gasteiger partial charge in [-0.2, -0.15) is 0 Å². The smallest absolute Gasteiger partial charge is 0.276 e. The molecule has 1 aromatic rings. The maximum absolute atomic E-state index is 12.5. The van der Waals surface area contributed by atoms with Crippen molar-refractivity contribution in [2.75, 3.05) is 0 Å². The molecule has 0 atom stereocenters. The number of primary amides is 1. The van der Waals surface area contributed by atoms with E-state index >= 15 is 0 Å². The molecule has 14 heavy (non-hydrogen) atoms. The maximum atomic E-state index is 12.5. The number of amides is 1. The van der Waals surface area contributed by atoms with Crippen LogP contribution in [0.25, 0.3) is 0 Å². The fraction of sp³-hybridized carbons (Fsp3) is 0.125. The number of halogens is 1. The monoisotopic (exact) mass is 198 g/mol. The number of nitrogens with two attached hydrogens (primary N) is 1. The predicted octanol–water partition coefficient (Wildman–Crippen LogP) is 1.16. The Hall–Kier alpha value is -1.98. The van der Waals surface area contributed by atoms with Crippen LogP contribution in [-0.2, 0) is 6.67 Å². The van der Waals surface area contributed by atoms with Gasteiger partial charge in [-0.3, -0.25) is 14.9 Å². The van der Waals surface area contributed by atoms with E-state index in [1.54, 1.807) is 0 Å². The van der Waals surface area contributed by atoms with Gasteiger partial charge in [-0.05, 0) is 6.07 Å². The molecule has 0 aliphatic carbocycles. The second kappa shape index (κ2) is 3.82. The maximum Gasteiger partial charge on any atom is 0.276 e. The molecule has 5 nitrogen and oxygen atoms in total. The number of nitro groups is 1. The Kier molecular flexibility index (Phi) is 2.76. The first-order chi connectivity index (χ1) is 6.57. The number of hydrogen-bond acceptors (Lipinski definition) is 3. The van der Waals surface area contributed by atoms with E-state index in [0.717, 1.165) is 6.07 Å². The van der Waals surface area contributed by atoms with Crippen LogP contribution in [-0.4, -0.2) is 10.8 Å². The van der Waals surface area contributed by atoms with Gasteiger partial charge >= 0.3 is 0 Å². The van der Waals surface area contributed by atoms with Crippen LogP contribution in [0.5, 0.6) is 0 Å². The van der Waals surface area contributed by atoms with Crippen molar-refractivity contribution in [2.24, 2.45) is 5.73 Å². The topological polar surface area (TPSA) is 86.2 Å². The fourth-order valence-electron chi connectivity index (χ4n) is 1.12. The van der Waals surface area contributed by atoms with Crippen molar-refractivity contribution in [3.8, 4) is 0 Å². The Morgan fingerprint density at radius 2 is 2.21 bits per heavy atom. The third-order valence-electron chi connectivity index (χ3n) is 1.75. The largest absolute Gasteiger partial charge is 0.366 e. The zero-order valence-electron chi connectivity index (χ0n) is 7.07. The molecule has 0 fully saturated rings. The average molecular weight is 198 g/mol. The normalized spacial score (nSPS) is 9.79. The van der Waals surface area contributed by atoms with Gasteiger partial charge in [-0.15, -0.1) is 0 Å². The highest BCUT2D eigenvalue weighted by Crippen LogP contribution is 2.22. The van der Waals surface area contributed by atoms with Gasteiger partial charge in [0.25, 0.3) is 5.69 Å². The summed E-state index contributed by atoms with van der Waals surface area (Å²) in [6.45, 7) is -1.09. The van der Waals surface area contributed by atoms with Crippen molar-refractivity contribution in [3.05, 3.63) is 39.4 Å². The van der Waals surface area contributed by atoms with E-state index < -0.39 is 23.2 Å². The number of hydrogen-bond donors (Lipinski definition) is 1. The van der Waals surface area contributed by atoms with Crippen LogP contribution in [0.2, 0.25) is 0 Å². The average Bonchev–Trinajstić information content (AvgIpc) is 2.16. The number of nitrogens with zero attached hydrogens (tertiary/aromatic N) is 1. The number of rotatable bonds is 3. The van der Waals surface area contributed by atoms with Gasteiger partial charge in [0.05, 0.1) is 16.1 Å². The molecule has 0 aliphatic rings. The highest BCUT2D eigenvalue weighted by Gasteiger charge is 2.19. The Morgan fingerprint density at radius 1 is 1.57 bits per heavy atom. The van der Waals surface area contributed by atoms with Crippen LogP contribution >= 0.6 is 0 Å². The molecule has 0 spiro atoms. The van der Waals surface area contributed by atoms with Gasteiger partial charge in [0.2, 0.25) is 5.91 Å². The van der Waals surface area contributed by atoms with Crippen LogP contribution in [0.3, 0.4) is 0 Å². The molecule has 0 aromatic heterocycles. The van der Waals surface area contributed by atoms with Crippen LogP contribution in [0.1, 0.15) is 15.9 Å². The molecule has 0 aliphatic heterocycles. The molecule has 1 aromatic carbocycles. The molecule has 6 heteroatoms. The lowest BCUT2D eigenvalue weighted by atomic mass is 10.1. The second-order valence-corrected chi connectivity index (χ2v) is 2.56. The summed E-state index contributed by atoms with van der Waals surface area (Å²) in [6, 6.07) is 3.67. The summed E-state index contributed by atoms with van der Waals surface area (Å²) in [5.41, 5.74) is 4.08. The number of carbonyl (C=O) groups excluding carboxylic acids is 1. The van der Waals surface area contributed by atoms with E-state index in [-0.39, 0.29) is 11.1 Å². The SMILES string of the molecule is NC(=O)c1cccc([N+](=O)[O-])c1CF. The van der Waals surface area contributed by atoms with Crippen LogP contribution in [0.15, 0.2) is 18.2 Å². The highest BCUT2D eigenvalue weighted by molar-refractivity contribution is 5.95. The predicted molar refractivity (Wildman–Crippen MR) is 46.4 cm³/mol. The van der Waals surface area contributed by atoms with Crippen molar-refractivity contribution in [2.45, 2.75) is 6.67 Å². The summed E-state index contributed by atoms with van der Waals surface area (Å²) in [5, 5.41) is 10.4. The minimum atomic E-state index is -1.09. The third kappa shape index (κ3) is 1.68. The summed E-state index contributed by atoms with van der Waals surface area (Å²) in [5.74, 6) is -0.874. The van der Waals surface area contributed by atoms with Gasteiger partial charge in [-0.1, -0.05) is 6.07 Å². The summed E-state index contributed by atoms with van der Waals surface area (Å²) in [4.78, 5) is 20.5. The van der Waals surface area contributed by atoms with Crippen molar-refractivity contribution in [1.82, 2.24) is 0 Å². The summed E-state index contributed by atoms with van der Waals surface area (Å²) < 4.78 is 12.5. The third-order valence-corrected chi connectivity index (χ3v) is 1.75. The summed E-state index contributed by atoms with van der Waals surface area (Å²) in [6.07, 6.45) is 0. The number of nitro benzene ring substituents is 1. The molecular formula is C8H7FN2O3. The van der Waals surface area contributed by atoms with Gasteiger partial charge in [0, 0.05) is 6.07 Å². The minimum Gasteiger partial charge on any atom is -0.366 e. The summed E-state index contributed by atoms with van der Waals surface area (Å²) >= 11 is 0. The van der Waals surface area contributed by atoms with Gasteiger partial charge in [0.15, 0.2) is 0 Å². The Labute approximate surface area is 78.5 Å². The van der Waals surface area contributed by atoms with E-state index in [1.165, 1.54) is 12.1 Å². The number of benzene rings is 1. The Balaban J connectivity index is 3.39. The minimum absolute atomic E-state index is 0.151. The van der Waals surface area contributed by atoms with Crippen molar-refractivity contribution < 1.29 is 14.1 Å². The van der Waals surface area contributed by atoms with Crippen molar-refractivity contribution in [1.29, 1.82) is 0 Å². The Bertz CT molecular complexity index is 360. The lowest BCUT2D eigenvalue weighted by Gasteiger charge is -2.02. The lowest BCUT2D eigenvalue weighted by Crippen LogP contribution is -2.14. The van der Waals surface area contributed by atoms with E-state index in [0.29, 0.717) is 0 Å². The molecule has 0 saturated heterocycles. The molecule has 1 amide bonds. The molecule has 0 unspecified atom stereocenters. The number of carbonyl (C=O) groups is 1. The van der Waals surface area contributed by atoms with E-state index in [1.807, 2.05) is 0 Å². The summed E-state index contributed by atoms with van der Waals surface area (Å²) in [7, 11) is 0. The molecule has 0 radical (unpaired) electrons. The van der Waals surface area contributed by atoms with Crippen LogP contribution in [0, 0.1) is 10.1 Å². The molecule has 0 bridgehead atoms. The second-order valence-electron chi connectivity index (χ2n) is 2.56. The van der Waals surface area contributed by atoms with E-state index in [9.17, 15) is 19.3 Å². The van der Waals surface area contributed by atoms with Crippen molar-refractivity contribution >= 4 is 11.6 Å². The first-order valence-corrected chi connectivity index (χ1v) is 3.70. The van der Waals surface area contributed by atoms with Crippen molar-refractivity contribution in [3.63, 3.8) is 0 Å². The zero-order valence-corrected chi connectivity index (χ0v) is 7.07. The van der Waals surface area contributed by atoms with Gasteiger partial charge < -0.3 is 5.73 Å². The van der Waals surface area contributed by atoms with Gasteiger partial charge in [-0.25, -0.2) is 4.39 Å².